The van der Waals surface area contributed by atoms with Crippen molar-refractivity contribution in [3.05, 3.63) is 43.2 Å². The lowest BCUT2D eigenvalue weighted by atomic mass is 9.54. The molecule has 4 N–H and O–H groups in total. The minimum atomic E-state index is -1.24. The van der Waals surface area contributed by atoms with Crippen LogP contribution in [0.4, 0.5) is 5.69 Å². The second-order valence-corrected chi connectivity index (χ2v) is 14.1. The number of thiazole rings is 1. The molecule has 230 valence electrons. The summed E-state index contributed by atoms with van der Waals surface area (Å²) in [7, 11) is 1.32. The van der Waals surface area contributed by atoms with Crippen LogP contribution in [0.5, 0.6) is 0 Å². The van der Waals surface area contributed by atoms with Crippen LogP contribution in [-0.4, -0.2) is 58.1 Å². The van der Waals surface area contributed by atoms with Crippen molar-refractivity contribution in [1.82, 2.24) is 25.5 Å². The topological polar surface area (TPSA) is 168 Å². The van der Waals surface area contributed by atoms with Crippen molar-refractivity contribution in [3.8, 4) is 0 Å². The van der Waals surface area contributed by atoms with E-state index in [9.17, 15) is 28.8 Å². The van der Waals surface area contributed by atoms with Crippen molar-refractivity contribution in [2.24, 2.45) is 23.7 Å². The molecule has 0 saturated heterocycles. The van der Waals surface area contributed by atoms with Gasteiger partial charge in [-0.2, -0.15) is 0 Å². The largest absolute Gasteiger partial charge is 0.353 e. The molecule has 0 aromatic carbocycles. The quantitative estimate of drug-likeness (QED) is 0.265. The van der Waals surface area contributed by atoms with E-state index in [1.807, 2.05) is 0 Å². The number of nitrogens with one attached hydrogen (secondary N) is 4. The van der Waals surface area contributed by atoms with Gasteiger partial charge in [0.2, 0.25) is 17.6 Å². The summed E-state index contributed by atoms with van der Waals surface area (Å²) in [4.78, 5) is 80.8. The van der Waals surface area contributed by atoms with Crippen LogP contribution < -0.4 is 26.8 Å². The lowest BCUT2D eigenvalue weighted by Crippen LogP contribution is -2.56. The van der Waals surface area contributed by atoms with Gasteiger partial charge in [-0.25, -0.2) is 4.98 Å². The summed E-state index contributed by atoms with van der Waals surface area (Å²) in [6, 6.07) is 1.86. The molecule has 4 aliphatic rings. The summed E-state index contributed by atoms with van der Waals surface area (Å²) in [5, 5.41) is 10.6. The fraction of sp³-hybridized carbons (Fsp3) is 0.552. The predicted octanol–water partition coefficient (Wildman–Crippen LogP) is 2.15. The van der Waals surface area contributed by atoms with Crippen LogP contribution >= 0.6 is 27.3 Å². The minimum absolute atomic E-state index is 0.0801. The minimum Gasteiger partial charge on any atom is -0.353 e. The average Bonchev–Trinajstić information content (AvgIpc) is 3.31. The molecule has 1 atom stereocenters. The Labute approximate surface area is 260 Å². The van der Waals surface area contributed by atoms with E-state index in [2.05, 4.69) is 42.2 Å². The maximum Gasteiger partial charge on any atom is 0.287 e. The van der Waals surface area contributed by atoms with Crippen molar-refractivity contribution in [3.63, 3.8) is 0 Å². The summed E-state index contributed by atoms with van der Waals surface area (Å²) in [5.74, 6) is -0.577. The molecule has 4 amide bonds. The number of rotatable bonds is 11. The second kappa shape index (κ2) is 13.1. The van der Waals surface area contributed by atoms with E-state index in [4.69, 9.17) is 0 Å². The van der Waals surface area contributed by atoms with E-state index >= 15 is 0 Å². The number of hydrogen-bond donors (Lipinski definition) is 4. The zero-order valence-corrected chi connectivity index (χ0v) is 26.4. The number of nitrogens with zero attached hydrogens (tertiary/aromatic N) is 2. The Balaban J connectivity index is 1.25. The van der Waals surface area contributed by atoms with Crippen LogP contribution in [-0.2, 0) is 25.7 Å². The van der Waals surface area contributed by atoms with Crippen LogP contribution in [0.2, 0.25) is 0 Å². The van der Waals surface area contributed by atoms with Gasteiger partial charge in [-0.1, -0.05) is 0 Å². The van der Waals surface area contributed by atoms with Crippen LogP contribution in [0.3, 0.4) is 0 Å². The molecule has 12 nitrogen and oxygen atoms in total. The summed E-state index contributed by atoms with van der Waals surface area (Å²) in [5.41, 5.74) is -0.207. The third kappa shape index (κ3) is 7.06. The predicted molar refractivity (Wildman–Crippen MR) is 162 cm³/mol. The van der Waals surface area contributed by atoms with Crippen molar-refractivity contribution in [2.75, 3.05) is 12.4 Å². The Bertz CT molecular complexity index is 1480. The van der Waals surface area contributed by atoms with Gasteiger partial charge in [0.15, 0.2) is 3.92 Å². The number of likely N-dealkylation sites (N-methyl/N-ethyl adjacent to an activating group) is 1. The second-order valence-electron chi connectivity index (χ2n) is 11.8. The van der Waals surface area contributed by atoms with E-state index in [-0.39, 0.29) is 41.9 Å². The number of ketones is 1. The SMILES string of the molecule is CNC(=O)C(=O)CCC(NC(=O)c1sc(Br)nc1C)C(=O)Nc1cccn(CC(=O)NC2C3CC4CC(C3)CC2C4)c1=O. The van der Waals surface area contributed by atoms with Gasteiger partial charge in [-0.15, -0.1) is 11.3 Å². The molecule has 2 aromatic rings. The van der Waals surface area contributed by atoms with E-state index in [1.54, 1.807) is 13.0 Å². The van der Waals surface area contributed by atoms with E-state index in [1.165, 1.54) is 30.3 Å². The molecule has 4 fully saturated rings. The molecule has 6 rings (SSSR count). The molecule has 14 heteroatoms. The molecule has 4 bridgehead atoms. The molecule has 4 aliphatic carbocycles. The summed E-state index contributed by atoms with van der Waals surface area (Å²) >= 11 is 4.32. The van der Waals surface area contributed by atoms with Crippen molar-refractivity contribution in [1.29, 1.82) is 0 Å². The Kier molecular flexibility index (Phi) is 9.45. The molecular weight excluding hydrogens is 640 g/mol. The first-order chi connectivity index (χ1) is 20.5. The molecule has 2 aromatic heterocycles. The maximum atomic E-state index is 13.3. The van der Waals surface area contributed by atoms with Gasteiger partial charge in [-0.05, 0) is 97.2 Å². The van der Waals surface area contributed by atoms with Crippen molar-refractivity contribution >= 4 is 62.4 Å². The molecule has 2 heterocycles. The molecule has 1 unspecified atom stereocenters. The van der Waals surface area contributed by atoms with Crippen molar-refractivity contribution in [2.45, 2.75) is 70.5 Å². The Morgan fingerprint density at radius 2 is 1.77 bits per heavy atom. The number of anilines is 1. The monoisotopic (exact) mass is 674 g/mol. The summed E-state index contributed by atoms with van der Waals surface area (Å²) < 4.78 is 1.73. The van der Waals surface area contributed by atoms with Crippen LogP contribution in [0.15, 0.2) is 27.0 Å². The number of pyridine rings is 1. The molecular formula is C29H35BrN6O6S. The highest BCUT2D eigenvalue weighted by Crippen LogP contribution is 2.53. The standard InChI is InChI=1S/C29H35BrN6O6S/c1-14-24(43-29(30)32-14)27(41)33-19(5-6-21(37)26(40)31-2)25(39)34-20-4-3-7-36(28(20)42)13-22(38)35-23-17-9-15-8-16(11-17)12-18(23)10-15/h3-4,7,15-19,23H,5-6,8-13H2,1-2H3,(H,31,40)(H,33,41)(H,34,39)(H,35,38). The van der Waals surface area contributed by atoms with E-state index in [0.29, 0.717) is 21.4 Å². The molecule has 0 aliphatic heterocycles. The van der Waals surface area contributed by atoms with E-state index < -0.39 is 35.1 Å². The first-order valence-corrected chi connectivity index (χ1v) is 16.1. The zero-order chi connectivity index (χ0) is 30.8. The summed E-state index contributed by atoms with van der Waals surface area (Å²) in [6.45, 7) is 1.46. The van der Waals surface area contributed by atoms with Gasteiger partial charge >= 0.3 is 0 Å². The van der Waals surface area contributed by atoms with Crippen LogP contribution in [0.1, 0.15) is 60.3 Å². The number of aromatic nitrogens is 2. The Morgan fingerprint density at radius 1 is 1.09 bits per heavy atom. The molecule has 43 heavy (non-hydrogen) atoms. The Hall–Kier alpha value is -3.39. The third-order valence-corrected chi connectivity index (χ3v) is 10.5. The number of amides is 4. The van der Waals surface area contributed by atoms with Gasteiger partial charge in [0.25, 0.3) is 17.4 Å². The average molecular weight is 676 g/mol. The van der Waals surface area contributed by atoms with Crippen molar-refractivity contribution < 1.29 is 24.0 Å². The van der Waals surface area contributed by atoms with E-state index in [0.717, 1.165) is 48.9 Å². The third-order valence-electron chi connectivity index (χ3n) is 8.89. The van der Waals surface area contributed by atoms with Gasteiger partial charge in [0.1, 0.15) is 23.2 Å². The normalized spacial score (nSPS) is 24.2. The fourth-order valence-corrected chi connectivity index (χ4v) is 8.57. The summed E-state index contributed by atoms with van der Waals surface area (Å²) in [6.07, 6.45) is 6.94. The number of carbonyl (C=O) groups is 5. The number of Topliss-reactive ketones (excluding diaryl/α,β-unsaturated/α-hetero) is 1. The highest BCUT2D eigenvalue weighted by molar-refractivity contribution is 9.11. The zero-order valence-electron chi connectivity index (χ0n) is 24.0. The molecule has 4 saturated carbocycles. The van der Waals surface area contributed by atoms with Gasteiger partial charge < -0.3 is 25.8 Å². The Morgan fingerprint density at radius 3 is 2.37 bits per heavy atom. The van der Waals surface area contributed by atoms with Gasteiger partial charge in [-0.3, -0.25) is 28.8 Å². The smallest absolute Gasteiger partial charge is 0.287 e. The van der Waals surface area contributed by atoms with Crippen LogP contribution in [0, 0.1) is 30.6 Å². The van der Waals surface area contributed by atoms with Crippen LogP contribution in [0.25, 0.3) is 0 Å². The fourth-order valence-electron chi connectivity index (χ4n) is 7.12. The highest BCUT2D eigenvalue weighted by Gasteiger charge is 2.48. The first kappa shape index (κ1) is 31.0. The number of halogens is 1. The maximum absolute atomic E-state index is 13.3. The first-order valence-electron chi connectivity index (χ1n) is 14.5. The lowest BCUT2D eigenvalue weighted by Gasteiger charge is -2.54. The number of aryl methyl sites for hydroxylation is 1. The van der Waals surface area contributed by atoms with Gasteiger partial charge in [0, 0.05) is 25.7 Å². The van der Waals surface area contributed by atoms with Gasteiger partial charge in [0.05, 0.1) is 5.69 Å². The highest BCUT2D eigenvalue weighted by atomic mass is 79.9. The number of hydrogen-bond acceptors (Lipinski definition) is 8. The number of carbonyl (C=O) groups excluding carboxylic acids is 5. The lowest BCUT2D eigenvalue weighted by molar-refractivity contribution is -0.137. The molecule has 0 spiro atoms. The molecule has 0 radical (unpaired) electrons.